The van der Waals surface area contributed by atoms with E-state index in [0.29, 0.717) is 36.8 Å². The number of carbonyl (C=O) groups is 1. The summed E-state index contributed by atoms with van der Waals surface area (Å²) in [5.41, 5.74) is 0. The zero-order valence-electron chi connectivity index (χ0n) is 13.7. The number of aromatic nitrogens is 1. The number of piperidine rings is 1. The number of carbonyl (C=O) groups excluding carboxylic acids is 1. The molecule has 0 atom stereocenters. The van der Waals surface area contributed by atoms with Gasteiger partial charge in [-0.15, -0.1) is 11.3 Å². The van der Waals surface area contributed by atoms with Crippen LogP contribution in [0, 0.1) is 5.92 Å². The first-order chi connectivity index (χ1) is 12.0. The zero-order chi connectivity index (χ0) is 17.9. The molecule has 1 aromatic carbocycles. The van der Waals surface area contributed by atoms with Crippen LogP contribution in [-0.2, 0) is 14.8 Å². The predicted octanol–water partition coefficient (Wildman–Crippen LogP) is 2.19. The molecule has 2 heterocycles. The fourth-order valence-corrected chi connectivity index (χ4v) is 4.80. The molecular formula is C16H19N3O4S2. The summed E-state index contributed by atoms with van der Waals surface area (Å²) >= 11 is 1.36. The SMILES string of the molecule is COc1cccc(S(=O)(=O)N2CCC(C(=O)Nc3nccs3)CC2)c1. The molecule has 1 N–H and O–H groups in total. The Labute approximate surface area is 150 Å². The van der Waals surface area contributed by atoms with E-state index in [1.807, 2.05) is 0 Å². The first-order valence-electron chi connectivity index (χ1n) is 7.85. The standard InChI is InChI=1S/C16H19N3O4S2/c1-23-13-3-2-4-14(11-13)25(21,22)19-8-5-12(6-9-19)15(20)18-16-17-7-10-24-16/h2-4,7,10-12H,5-6,8-9H2,1H3,(H,17,18,20). The summed E-state index contributed by atoms with van der Waals surface area (Å²) in [7, 11) is -2.08. The Hall–Kier alpha value is -1.97. The minimum atomic E-state index is -3.58. The van der Waals surface area contributed by atoms with Crippen LogP contribution < -0.4 is 10.1 Å². The summed E-state index contributed by atoms with van der Waals surface area (Å²) in [6.45, 7) is 0.630. The molecule has 0 bridgehead atoms. The Balaban J connectivity index is 1.63. The average molecular weight is 381 g/mol. The van der Waals surface area contributed by atoms with Crippen LogP contribution in [0.25, 0.3) is 0 Å². The molecular weight excluding hydrogens is 362 g/mol. The lowest BCUT2D eigenvalue weighted by Crippen LogP contribution is -2.41. The van der Waals surface area contributed by atoms with E-state index in [0.717, 1.165) is 0 Å². The second-order valence-electron chi connectivity index (χ2n) is 5.68. The number of ether oxygens (including phenoxy) is 1. The summed E-state index contributed by atoms with van der Waals surface area (Å²) in [5, 5.41) is 5.13. The molecule has 1 saturated heterocycles. The van der Waals surface area contributed by atoms with Gasteiger partial charge in [0.15, 0.2) is 5.13 Å². The second kappa shape index (κ2) is 7.51. The molecule has 0 saturated carbocycles. The van der Waals surface area contributed by atoms with Crippen molar-refractivity contribution in [3.05, 3.63) is 35.8 Å². The highest BCUT2D eigenvalue weighted by molar-refractivity contribution is 7.89. The summed E-state index contributed by atoms with van der Waals surface area (Å²) in [6, 6.07) is 6.42. The van der Waals surface area contributed by atoms with Crippen molar-refractivity contribution < 1.29 is 17.9 Å². The van der Waals surface area contributed by atoms with Crippen LogP contribution in [0.15, 0.2) is 40.7 Å². The van der Waals surface area contributed by atoms with Crippen molar-refractivity contribution in [1.82, 2.24) is 9.29 Å². The number of nitrogens with zero attached hydrogens (tertiary/aromatic N) is 2. The minimum absolute atomic E-state index is 0.103. The largest absolute Gasteiger partial charge is 0.497 e. The fourth-order valence-electron chi connectivity index (χ4n) is 2.76. The normalized spacial score (nSPS) is 16.5. The van der Waals surface area contributed by atoms with Gasteiger partial charge in [-0.3, -0.25) is 4.79 Å². The van der Waals surface area contributed by atoms with Gasteiger partial charge in [0.1, 0.15) is 5.75 Å². The molecule has 3 rings (SSSR count). The first kappa shape index (κ1) is 17.8. The van der Waals surface area contributed by atoms with Gasteiger partial charge in [0.2, 0.25) is 15.9 Å². The van der Waals surface area contributed by atoms with Crippen molar-refractivity contribution in [2.24, 2.45) is 5.92 Å². The molecule has 0 aliphatic carbocycles. The topological polar surface area (TPSA) is 88.6 Å². The Bertz CT molecular complexity index is 829. The molecule has 134 valence electrons. The maximum Gasteiger partial charge on any atom is 0.243 e. The van der Waals surface area contributed by atoms with Crippen molar-refractivity contribution in [1.29, 1.82) is 0 Å². The van der Waals surface area contributed by atoms with Crippen LogP contribution >= 0.6 is 11.3 Å². The van der Waals surface area contributed by atoms with Gasteiger partial charge in [-0.1, -0.05) is 6.07 Å². The third kappa shape index (κ3) is 4.00. The monoisotopic (exact) mass is 381 g/mol. The van der Waals surface area contributed by atoms with Gasteiger partial charge in [0.25, 0.3) is 0 Å². The zero-order valence-corrected chi connectivity index (χ0v) is 15.3. The van der Waals surface area contributed by atoms with E-state index < -0.39 is 10.0 Å². The minimum Gasteiger partial charge on any atom is -0.497 e. The summed E-state index contributed by atoms with van der Waals surface area (Å²) in [5.74, 6) is 0.188. The molecule has 7 nitrogen and oxygen atoms in total. The van der Waals surface area contributed by atoms with Crippen LogP contribution in [0.1, 0.15) is 12.8 Å². The van der Waals surface area contributed by atoms with Crippen LogP contribution in [-0.4, -0.2) is 43.8 Å². The number of methoxy groups -OCH3 is 1. The smallest absolute Gasteiger partial charge is 0.243 e. The number of thiazole rings is 1. The highest BCUT2D eigenvalue weighted by atomic mass is 32.2. The summed E-state index contributed by atoms with van der Waals surface area (Å²) in [6.07, 6.45) is 2.60. The molecule has 9 heteroatoms. The van der Waals surface area contributed by atoms with E-state index in [1.54, 1.807) is 29.8 Å². The number of sulfonamides is 1. The van der Waals surface area contributed by atoms with Crippen LogP contribution in [0.2, 0.25) is 0 Å². The highest BCUT2D eigenvalue weighted by Crippen LogP contribution is 2.26. The molecule has 1 aliphatic heterocycles. The van der Waals surface area contributed by atoms with E-state index in [2.05, 4.69) is 10.3 Å². The molecule has 0 spiro atoms. The van der Waals surface area contributed by atoms with Crippen LogP contribution in [0.4, 0.5) is 5.13 Å². The number of amides is 1. The number of benzene rings is 1. The maximum atomic E-state index is 12.7. The molecule has 1 aromatic heterocycles. The number of anilines is 1. The molecule has 1 fully saturated rings. The van der Waals surface area contributed by atoms with Crippen molar-refractivity contribution in [3.8, 4) is 5.75 Å². The molecule has 1 aliphatic rings. The molecule has 1 amide bonds. The average Bonchev–Trinajstić information content (AvgIpc) is 3.15. The van der Waals surface area contributed by atoms with Crippen LogP contribution in [0.5, 0.6) is 5.75 Å². The number of hydrogen-bond donors (Lipinski definition) is 1. The molecule has 25 heavy (non-hydrogen) atoms. The van der Waals surface area contributed by atoms with Crippen molar-refractivity contribution in [2.45, 2.75) is 17.7 Å². The lowest BCUT2D eigenvalue weighted by molar-refractivity contribution is -0.120. The van der Waals surface area contributed by atoms with Crippen molar-refractivity contribution in [2.75, 3.05) is 25.5 Å². The quantitative estimate of drug-likeness (QED) is 0.858. The fraction of sp³-hybridized carbons (Fsp3) is 0.375. The Morgan fingerprint density at radius 2 is 2.12 bits per heavy atom. The Kier molecular flexibility index (Phi) is 5.36. The van der Waals surface area contributed by atoms with E-state index in [4.69, 9.17) is 4.74 Å². The predicted molar refractivity (Wildman–Crippen MR) is 95.2 cm³/mol. The number of nitrogens with one attached hydrogen (secondary N) is 1. The third-order valence-corrected chi connectivity index (χ3v) is 6.75. The van der Waals surface area contributed by atoms with Gasteiger partial charge in [-0.05, 0) is 25.0 Å². The van der Waals surface area contributed by atoms with Gasteiger partial charge < -0.3 is 10.1 Å². The Morgan fingerprint density at radius 3 is 2.76 bits per heavy atom. The van der Waals surface area contributed by atoms with E-state index >= 15 is 0 Å². The second-order valence-corrected chi connectivity index (χ2v) is 8.52. The van der Waals surface area contributed by atoms with Crippen molar-refractivity contribution >= 4 is 32.4 Å². The summed E-state index contributed by atoms with van der Waals surface area (Å²) in [4.78, 5) is 16.5. The van der Waals surface area contributed by atoms with E-state index in [-0.39, 0.29) is 16.7 Å². The van der Waals surface area contributed by atoms with Gasteiger partial charge in [-0.25, -0.2) is 13.4 Å². The summed E-state index contributed by atoms with van der Waals surface area (Å²) < 4.78 is 32.0. The van der Waals surface area contributed by atoms with Gasteiger partial charge in [0, 0.05) is 36.7 Å². The molecule has 2 aromatic rings. The van der Waals surface area contributed by atoms with E-state index in [9.17, 15) is 13.2 Å². The maximum absolute atomic E-state index is 12.7. The van der Waals surface area contributed by atoms with Crippen molar-refractivity contribution in [3.63, 3.8) is 0 Å². The Morgan fingerprint density at radius 1 is 1.36 bits per heavy atom. The lowest BCUT2D eigenvalue weighted by Gasteiger charge is -2.30. The number of hydrogen-bond acceptors (Lipinski definition) is 6. The number of rotatable bonds is 5. The molecule has 0 radical (unpaired) electrons. The third-order valence-electron chi connectivity index (χ3n) is 4.17. The first-order valence-corrected chi connectivity index (χ1v) is 10.2. The van der Waals surface area contributed by atoms with Gasteiger partial charge in [-0.2, -0.15) is 4.31 Å². The van der Waals surface area contributed by atoms with E-state index in [1.165, 1.54) is 28.8 Å². The van der Waals surface area contributed by atoms with Crippen LogP contribution in [0.3, 0.4) is 0 Å². The highest BCUT2D eigenvalue weighted by Gasteiger charge is 2.32. The van der Waals surface area contributed by atoms with Gasteiger partial charge >= 0.3 is 0 Å². The lowest BCUT2D eigenvalue weighted by atomic mass is 9.97. The molecule has 0 unspecified atom stereocenters. The van der Waals surface area contributed by atoms with Gasteiger partial charge in [0.05, 0.1) is 12.0 Å².